The number of aryl methyl sites for hydroxylation is 1. The molecule has 0 aliphatic carbocycles. The lowest BCUT2D eigenvalue weighted by Gasteiger charge is -2.29. The van der Waals surface area contributed by atoms with E-state index in [1.807, 2.05) is 42.5 Å². The van der Waals surface area contributed by atoms with Crippen molar-refractivity contribution in [3.63, 3.8) is 0 Å². The molecule has 0 aromatic heterocycles. The van der Waals surface area contributed by atoms with Crippen LogP contribution in [0.3, 0.4) is 0 Å². The molecular formula is C25H27N3O5S. The largest absolute Gasteiger partial charge is 0.388 e. The molecule has 1 unspecified atom stereocenters. The van der Waals surface area contributed by atoms with Crippen molar-refractivity contribution in [3.05, 3.63) is 71.8 Å². The average Bonchev–Trinajstić information content (AvgIpc) is 2.82. The summed E-state index contributed by atoms with van der Waals surface area (Å²) in [6.07, 6.45) is 2.06. The lowest BCUT2D eigenvalue weighted by Crippen LogP contribution is -2.37. The van der Waals surface area contributed by atoms with Gasteiger partial charge in [-0.3, -0.25) is 13.9 Å². The van der Waals surface area contributed by atoms with Crippen LogP contribution in [0, 0.1) is 0 Å². The second-order valence-corrected chi connectivity index (χ2v) is 10.3. The normalized spacial score (nSPS) is 14.4. The predicted octanol–water partition coefficient (Wildman–Crippen LogP) is 2.73. The van der Waals surface area contributed by atoms with E-state index in [1.54, 1.807) is 18.2 Å². The molecule has 9 heteroatoms. The molecule has 0 radical (unpaired) electrons. The number of aliphatic hydroxyl groups is 1. The molecule has 1 heterocycles. The first-order valence-electron chi connectivity index (χ1n) is 11.1. The topological polar surface area (TPSA) is 116 Å². The van der Waals surface area contributed by atoms with Gasteiger partial charge in [-0.1, -0.05) is 48.5 Å². The van der Waals surface area contributed by atoms with E-state index in [1.165, 1.54) is 4.31 Å². The number of amides is 2. The van der Waals surface area contributed by atoms with Gasteiger partial charge in [0.25, 0.3) is 0 Å². The van der Waals surface area contributed by atoms with Gasteiger partial charge >= 0.3 is 11.8 Å². The number of rotatable bonds is 6. The molecule has 0 fully saturated rings. The Kier molecular flexibility index (Phi) is 6.85. The van der Waals surface area contributed by atoms with Crippen LogP contribution in [0.1, 0.15) is 30.1 Å². The average molecular weight is 482 g/mol. The molecule has 1 aliphatic rings. The molecule has 1 atom stereocenters. The van der Waals surface area contributed by atoms with Gasteiger partial charge < -0.3 is 15.7 Å². The minimum absolute atomic E-state index is 0.114. The molecule has 1 aliphatic heterocycles. The van der Waals surface area contributed by atoms with E-state index in [2.05, 4.69) is 10.6 Å². The number of carbonyl (C=O) groups excluding carboxylic acids is 2. The van der Waals surface area contributed by atoms with Gasteiger partial charge in [-0.25, -0.2) is 8.42 Å². The number of nitrogens with one attached hydrogen (secondary N) is 2. The summed E-state index contributed by atoms with van der Waals surface area (Å²) in [5.41, 5.74) is 2.50. The van der Waals surface area contributed by atoms with E-state index in [0.717, 1.165) is 41.0 Å². The predicted molar refractivity (Wildman–Crippen MR) is 132 cm³/mol. The highest BCUT2D eigenvalue weighted by Crippen LogP contribution is 2.31. The Morgan fingerprint density at radius 3 is 2.62 bits per heavy atom. The van der Waals surface area contributed by atoms with Crippen molar-refractivity contribution in [2.24, 2.45) is 0 Å². The van der Waals surface area contributed by atoms with Crippen molar-refractivity contribution in [1.29, 1.82) is 0 Å². The molecule has 0 saturated carbocycles. The highest BCUT2D eigenvalue weighted by atomic mass is 32.2. The van der Waals surface area contributed by atoms with E-state index in [-0.39, 0.29) is 13.0 Å². The van der Waals surface area contributed by atoms with Gasteiger partial charge in [0.2, 0.25) is 10.0 Å². The maximum atomic E-state index is 12.4. The third-order valence-electron chi connectivity index (χ3n) is 5.91. The van der Waals surface area contributed by atoms with E-state index >= 15 is 0 Å². The Morgan fingerprint density at radius 2 is 1.82 bits per heavy atom. The Morgan fingerprint density at radius 1 is 1.06 bits per heavy atom. The molecule has 3 aromatic carbocycles. The Labute approximate surface area is 198 Å². The third kappa shape index (κ3) is 5.21. The molecule has 2 amide bonds. The van der Waals surface area contributed by atoms with Crippen LogP contribution in [0.5, 0.6) is 0 Å². The molecule has 178 valence electrons. The van der Waals surface area contributed by atoms with Crippen molar-refractivity contribution >= 4 is 44.0 Å². The summed E-state index contributed by atoms with van der Waals surface area (Å²) in [5.74, 6) is -1.69. The first-order valence-corrected chi connectivity index (χ1v) is 12.9. The second kappa shape index (κ2) is 9.82. The molecule has 4 rings (SSSR count). The van der Waals surface area contributed by atoms with Gasteiger partial charge in [-0.05, 0) is 53.3 Å². The number of aliphatic hydroxyl groups excluding tert-OH is 1. The number of hydrogen-bond donors (Lipinski definition) is 3. The zero-order valence-electron chi connectivity index (χ0n) is 18.8. The first kappa shape index (κ1) is 23.7. The lowest BCUT2D eigenvalue weighted by molar-refractivity contribution is -0.136. The fraction of sp³-hybridized carbons (Fsp3) is 0.280. The summed E-state index contributed by atoms with van der Waals surface area (Å²) >= 11 is 0. The summed E-state index contributed by atoms with van der Waals surface area (Å²) in [7, 11) is -3.44. The maximum Gasteiger partial charge on any atom is 0.313 e. The van der Waals surface area contributed by atoms with E-state index < -0.39 is 27.9 Å². The smallest absolute Gasteiger partial charge is 0.313 e. The van der Waals surface area contributed by atoms with Crippen LogP contribution in [-0.2, 0) is 26.0 Å². The first-order chi connectivity index (χ1) is 16.2. The Balaban J connectivity index is 1.35. The summed E-state index contributed by atoms with van der Waals surface area (Å²) in [6.45, 7) is 0.491. The Bertz CT molecular complexity index is 1330. The van der Waals surface area contributed by atoms with Crippen LogP contribution >= 0.6 is 0 Å². The standard InChI is InChI=1S/C25H27N3O5S/c1-34(32,33)28-15-5-8-18-11-12-19(16-22(18)28)27-25(31)24(30)26-14-13-23(29)21-10-4-7-17-6-2-3-9-20(17)21/h2-4,6-7,9-12,16,23,29H,5,8,13-15H2,1H3,(H,26,30)(H,27,31). The molecule has 34 heavy (non-hydrogen) atoms. The van der Waals surface area contributed by atoms with Crippen molar-refractivity contribution in [1.82, 2.24) is 5.32 Å². The number of sulfonamides is 1. The summed E-state index contributed by atoms with van der Waals surface area (Å²) < 4.78 is 25.5. The zero-order chi connectivity index (χ0) is 24.3. The minimum Gasteiger partial charge on any atom is -0.388 e. The number of benzene rings is 3. The van der Waals surface area contributed by atoms with Gasteiger partial charge in [-0.2, -0.15) is 0 Å². The molecule has 0 saturated heterocycles. The Hall–Kier alpha value is -3.43. The van der Waals surface area contributed by atoms with Crippen molar-refractivity contribution < 1.29 is 23.1 Å². The highest BCUT2D eigenvalue weighted by molar-refractivity contribution is 7.92. The fourth-order valence-electron chi connectivity index (χ4n) is 4.25. The molecule has 0 spiro atoms. The van der Waals surface area contributed by atoms with Crippen LogP contribution in [0.4, 0.5) is 11.4 Å². The van der Waals surface area contributed by atoms with Gasteiger partial charge in [-0.15, -0.1) is 0 Å². The molecule has 0 bridgehead atoms. The third-order valence-corrected chi connectivity index (χ3v) is 7.09. The number of carbonyl (C=O) groups is 2. The second-order valence-electron chi connectivity index (χ2n) is 8.37. The van der Waals surface area contributed by atoms with Crippen molar-refractivity contribution in [2.45, 2.75) is 25.4 Å². The van der Waals surface area contributed by atoms with Crippen LogP contribution in [-0.4, -0.2) is 44.7 Å². The van der Waals surface area contributed by atoms with Crippen LogP contribution in [0.2, 0.25) is 0 Å². The summed E-state index contributed by atoms with van der Waals surface area (Å²) in [4.78, 5) is 24.6. The van der Waals surface area contributed by atoms with Crippen LogP contribution in [0.25, 0.3) is 10.8 Å². The summed E-state index contributed by atoms with van der Waals surface area (Å²) in [5, 5.41) is 17.6. The fourth-order valence-corrected chi connectivity index (χ4v) is 5.24. The van der Waals surface area contributed by atoms with Crippen molar-refractivity contribution in [2.75, 3.05) is 29.0 Å². The monoisotopic (exact) mass is 481 g/mol. The molecule has 3 aromatic rings. The van der Waals surface area contributed by atoms with Gasteiger partial charge in [0.15, 0.2) is 0 Å². The van der Waals surface area contributed by atoms with E-state index in [0.29, 0.717) is 17.9 Å². The molecular weight excluding hydrogens is 454 g/mol. The van der Waals surface area contributed by atoms with Gasteiger partial charge in [0.1, 0.15) is 0 Å². The van der Waals surface area contributed by atoms with Crippen LogP contribution < -0.4 is 14.9 Å². The van der Waals surface area contributed by atoms with Gasteiger partial charge in [0, 0.05) is 18.8 Å². The van der Waals surface area contributed by atoms with Gasteiger partial charge in [0.05, 0.1) is 18.0 Å². The number of fused-ring (bicyclic) bond motifs is 2. The molecule has 3 N–H and O–H groups in total. The lowest BCUT2D eigenvalue weighted by atomic mass is 9.99. The van der Waals surface area contributed by atoms with Crippen molar-refractivity contribution in [3.8, 4) is 0 Å². The van der Waals surface area contributed by atoms with E-state index in [9.17, 15) is 23.1 Å². The van der Waals surface area contributed by atoms with Crippen LogP contribution in [0.15, 0.2) is 60.7 Å². The number of anilines is 2. The number of hydrogen-bond acceptors (Lipinski definition) is 5. The quantitative estimate of drug-likeness (QED) is 0.468. The number of nitrogens with zero attached hydrogens (tertiary/aromatic N) is 1. The minimum atomic E-state index is -3.44. The SMILES string of the molecule is CS(=O)(=O)N1CCCc2ccc(NC(=O)C(=O)NCCC(O)c3cccc4ccccc34)cc21. The molecule has 8 nitrogen and oxygen atoms in total. The summed E-state index contributed by atoms with van der Waals surface area (Å²) in [6, 6.07) is 18.4. The zero-order valence-corrected chi connectivity index (χ0v) is 19.6. The van der Waals surface area contributed by atoms with E-state index in [4.69, 9.17) is 0 Å². The highest BCUT2D eigenvalue weighted by Gasteiger charge is 2.25. The maximum absolute atomic E-state index is 12.4.